The van der Waals surface area contributed by atoms with Gasteiger partial charge in [0.2, 0.25) is 0 Å². The molecular weight excluding hydrogens is 449 g/mol. The summed E-state index contributed by atoms with van der Waals surface area (Å²) < 4.78 is 20.7. The molecule has 0 aliphatic carbocycles. The summed E-state index contributed by atoms with van der Waals surface area (Å²) in [4.78, 5) is 13.3. The van der Waals surface area contributed by atoms with Crippen molar-refractivity contribution in [2.24, 2.45) is 5.10 Å². The quantitative estimate of drug-likeness (QED) is 0.556. The molecule has 3 aromatic rings. The Morgan fingerprint density at radius 2 is 1.93 bits per heavy atom. The summed E-state index contributed by atoms with van der Waals surface area (Å²) in [6, 6.07) is 19.4. The zero-order chi connectivity index (χ0) is 20.5. The summed E-state index contributed by atoms with van der Waals surface area (Å²) in [5.74, 6) is 0.0886. The maximum Gasteiger partial charge on any atom is 0.306 e. The summed E-state index contributed by atoms with van der Waals surface area (Å²) in [7, 11) is 0. The number of hydrogen-bond acceptors (Lipinski definition) is 4. The van der Waals surface area contributed by atoms with Gasteiger partial charge in [0, 0.05) is 16.5 Å². The topological polar surface area (TPSA) is 53.9 Å². The third kappa shape index (κ3) is 2.32. The number of halogens is 2. The monoisotopic (exact) mass is 463 g/mol. The van der Waals surface area contributed by atoms with Crippen LogP contribution in [-0.2, 0) is 10.5 Å². The van der Waals surface area contributed by atoms with Crippen LogP contribution in [0.15, 0.2) is 76.3 Å². The van der Waals surface area contributed by atoms with Crippen molar-refractivity contribution in [3.05, 3.63) is 93.7 Å². The number of benzene rings is 3. The predicted octanol–water partition coefficient (Wildman–Crippen LogP) is 4.94. The predicted molar refractivity (Wildman–Crippen MR) is 114 cm³/mol. The minimum atomic E-state index is -1.40. The summed E-state index contributed by atoms with van der Waals surface area (Å²) in [6.45, 7) is 0. The molecule has 3 aliphatic rings. The molecule has 1 N–H and O–H groups in total. The van der Waals surface area contributed by atoms with E-state index in [2.05, 4.69) is 21.2 Å². The molecule has 5 nitrogen and oxygen atoms in total. The van der Waals surface area contributed by atoms with Gasteiger partial charge in [-0.05, 0) is 42.0 Å². The van der Waals surface area contributed by atoms with Crippen LogP contribution in [0.4, 0.5) is 10.1 Å². The lowest BCUT2D eigenvalue weighted by atomic mass is 9.92. The normalized spacial score (nSPS) is 23.4. The Balaban J connectivity index is 1.57. The molecule has 0 saturated carbocycles. The van der Waals surface area contributed by atoms with Crippen molar-refractivity contribution in [2.45, 2.75) is 18.2 Å². The highest BCUT2D eigenvalue weighted by molar-refractivity contribution is 9.10. The highest BCUT2D eigenvalue weighted by Gasteiger charge is 2.60. The fourth-order valence-corrected chi connectivity index (χ4v) is 4.84. The van der Waals surface area contributed by atoms with Crippen molar-refractivity contribution in [3.63, 3.8) is 0 Å². The second-order valence-electron chi connectivity index (χ2n) is 7.55. The Morgan fingerprint density at radius 1 is 1.13 bits per heavy atom. The third-order valence-electron chi connectivity index (χ3n) is 5.85. The van der Waals surface area contributed by atoms with E-state index in [-0.39, 0.29) is 17.8 Å². The lowest BCUT2D eigenvalue weighted by Gasteiger charge is -2.44. The van der Waals surface area contributed by atoms with Gasteiger partial charge >= 0.3 is 5.72 Å². The van der Waals surface area contributed by atoms with Crippen LogP contribution in [0.3, 0.4) is 0 Å². The number of fused-ring (bicyclic) bond motifs is 6. The molecule has 0 aromatic heterocycles. The summed E-state index contributed by atoms with van der Waals surface area (Å²) >= 11 is 3.51. The number of para-hydroxylation sites is 1. The molecule has 0 bridgehead atoms. The van der Waals surface area contributed by atoms with Gasteiger partial charge in [0.15, 0.2) is 0 Å². The van der Waals surface area contributed by atoms with Crippen LogP contribution in [0.25, 0.3) is 0 Å². The van der Waals surface area contributed by atoms with Crippen LogP contribution in [0.2, 0.25) is 0 Å². The average Bonchev–Trinajstić information content (AvgIpc) is 3.30. The van der Waals surface area contributed by atoms with E-state index in [1.54, 1.807) is 17.1 Å². The first kappa shape index (κ1) is 17.7. The fourth-order valence-electron chi connectivity index (χ4n) is 4.48. The number of carbonyl (C=O) groups excluding carboxylic acids is 1. The highest BCUT2D eigenvalue weighted by atomic mass is 79.9. The Kier molecular flexibility index (Phi) is 3.62. The van der Waals surface area contributed by atoms with E-state index in [0.29, 0.717) is 23.4 Å². The first-order valence-corrected chi connectivity index (χ1v) is 10.4. The molecule has 0 saturated heterocycles. The Labute approximate surface area is 180 Å². The molecular formula is C23H15BrFN3O2. The number of hydrazone groups is 1. The van der Waals surface area contributed by atoms with Crippen molar-refractivity contribution in [3.8, 4) is 5.75 Å². The number of carbonyl (C=O) groups is 1. The summed E-state index contributed by atoms with van der Waals surface area (Å²) in [5, 5.41) is 9.56. The molecule has 0 fully saturated rings. The van der Waals surface area contributed by atoms with Crippen molar-refractivity contribution >= 4 is 33.2 Å². The van der Waals surface area contributed by atoms with E-state index in [9.17, 15) is 9.18 Å². The number of nitrogens with zero attached hydrogens (tertiary/aromatic N) is 2. The smallest absolute Gasteiger partial charge is 0.306 e. The van der Waals surface area contributed by atoms with Crippen molar-refractivity contribution in [1.82, 2.24) is 5.01 Å². The maximum absolute atomic E-state index is 13.4. The Bertz CT molecular complexity index is 1240. The van der Waals surface area contributed by atoms with Gasteiger partial charge in [0.05, 0.1) is 23.0 Å². The van der Waals surface area contributed by atoms with E-state index in [4.69, 9.17) is 9.84 Å². The lowest BCUT2D eigenvalue weighted by molar-refractivity contribution is -0.161. The summed E-state index contributed by atoms with van der Waals surface area (Å²) in [5.41, 5.74) is 2.60. The molecule has 0 unspecified atom stereocenters. The van der Waals surface area contributed by atoms with Crippen LogP contribution in [0.5, 0.6) is 5.75 Å². The molecule has 1 spiro atoms. The third-order valence-corrected chi connectivity index (χ3v) is 6.34. The first-order valence-electron chi connectivity index (χ1n) is 9.58. The molecule has 1 amide bonds. The summed E-state index contributed by atoms with van der Waals surface area (Å²) in [6.07, 6.45) is 0.588. The minimum absolute atomic E-state index is 0.175. The van der Waals surface area contributed by atoms with Gasteiger partial charge in [-0.15, -0.1) is 0 Å². The van der Waals surface area contributed by atoms with Gasteiger partial charge in [-0.25, -0.2) is 9.40 Å². The SMILES string of the molecule is O=C1Nc2ccc(Br)cc2[C@]12Oc1ccccc1[C@@H]1CC(c3ccc(F)cc3)=NN12. The van der Waals surface area contributed by atoms with Crippen LogP contribution >= 0.6 is 15.9 Å². The largest absolute Gasteiger partial charge is 0.453 e. The zero-order valence-electron chi connectivity index (χ0n) is 15.6. The van der Waals surface area contributed by atoms with Gasteiger partial charge in [-0.3, -0.25) is 4.79 Å². The van der Waals surface area contributed by atoms with Crippen LogP contribution in [0.1, 0.15) is 29.2 Å². The maximum atomic E-state index is 13.4. The lowest BCUT2D eigenvalue weighted by Crippen LogP contribution is -2.55. The number of amides is 1. The number of anilines is 1. The van der Waals surface area contributed by atoms with Crippen LogP contribution < -0.4 is 10.1 Å². The molecule has 148 valence electrons. The highest BCUT2D eigenvalue weighted by Crippen LogP contribution is 2.54. The second kappa shape index (κ2) is 6.15. The van der Waals surface area contributed by atoms with Gasteiger partial charge in [-0.2, -0.15) is 5.10 Å². The minimum Gasteiger partial charge on any atom is -0.453 e. The Hall–Kier alpha value is -3.19. The molecule has 3 aliphatic heterocycles. The van der Waals surface area contributed by atoms with E-state index in [1.165, 1.54) is 12.1 Å². The molecule has 3 aromatic carbocycles. The number of ether oxygens (including phenoxy) is 1. The molecule has 2 atom stereocenters. The average molecular weight is 464 g/mol. The molecule has 3 heterocycles. The van der Waals surface area contributed by atoms with E-state index in [1.807, 2.05) is 42.5 Å². The second-order valence-corrected chi connectivity index (χ2v) is 8.46. The molecule has 0 radical (unpaired) electrons. The zero-order valence-corrected chi connectivity index (χ0v) is 17.2. The molecule has 6 rings (SSSR count). The van der Waals surface area contributed by atoms with E-state index >= 15 is 0 Å². The molecule has 7 heteroatoms. The van der Waals surface area contributed by atoms with Crippen LogP contribution in [-0.4, -0.2) is 16.6 Å². The number of hydrogen-bond donors (Lipinski definition) is 1. The molecule has 30 heavy (non-hydrogen) atoms. The van der Waals surface area contributed by atoms with E-state index < -0.39 is 5.72 Å². The van der Waals surface area contributed by atoms with Crippen molar-refractivity contribution in [2.75, 3.05) is 5.32 Å². The number of nitrogens with one attached hydrogen (secondary N) is 1. The van der Waals surface area contributed by atoms with Crippen LogP contribution in [0, 0.1) is 5.82 Å². The first-order chi connectivity index (χ1) is 14.6. The fraction of sp³-hybridized carbons (Fsp3) is 0.130. The number of rotatable bonds is 1. The standard InChI is InChI=1S/C23H15BrFN3O2/c24-14-7-10-18-17(11-14)23(22(29)26-18)28-20(16-3-1-2-4-21(16)30-23)12-19(27-28)13-5-8-15(25)9-6-13/h1-11,20H,12H2,(H,26,29)/t20-,23-/m0/s1. The van der Waals surface area contributed by atoms with E-state index in [0.717, 1.165) is 21.3 Å². The van der Waals surface area contributed by atoms with Crippen molar-refractivity contribution < 1.29 is 13.9 Å². The van der Waals surface area contributed by atoms with Gasteiger partial charge in [-0.1, -0.05) is 46.3 Å². The van der Waals surface area contributed by atoms with Gasteiger partial charge < -0.3 is 10.1 Å². The van der Waals surface area contributed by atoms with Gasteiger partial charge in [0.1, 0.15) is 11.6 Å². The Morgan fingerprint density at radius 3 is 2.77 bits per heavy atom. The van der Waals surface area contributed by atoms with Gasteiger partial charge in [0.25, 0.3) is 5.91 Å². The van der Waals surface area contributed by atoms with Crippen molar-refractivity contribution in [1.29, 1.82) is 0 Å².